The fourth-order valence-corrected chi connectivity index (χ4v) is 2.66. The maximum Gasteiger partial charge on any atom is 0.260 e. The Morgan fingerprint density at radius 3 is 2.54 bits per heavy atom. The van der Waals surface area contributed by atoms with Crippen molar-refractivity contribution < 1.29 is 14.3 Å². The lowest BCUT2D eigenvalue weighted by atomic mass is 10.1. The molecule has 26 heavy (non-hydrogen) atoms. The van der Waals surface area contributed by atoms with Gasteiger partial charge < -0.3 is 14.8 Å². The molecule has 0 aliphatic rings. The molecule has 0 aliphatic heterocycles. The third kappa shape index (κ3) is 4.54. The van der Waals surface area contributed by atoms with E-state index >= 15 is 0 Å². The summed E-state index contributed by atoms with van der Waals surface area (Å²) in [7, 11) is 0. The molecular weight excluding hydrogens is 326 g/mol. The molecule has 3 aromatic rings. The number of carbonyl (C=O) groups excluding carboxylic acids is 1. The highest BCUT2D eigenvalue weighted by Crippen LogP contribution is 2.26. The summed E-state index contributed by atoms with van der Waals surface area (Å²) in [6, 6.07) is 21.6. The van der Waals surface area contributed by atoms with Crippen molar-refractivity contribution in [1.29, 1.82) is 0 Å². The summed E-state index contributed by atoms with van der Waals surface area (Å²) >= 11 is 0. The Kier molecular flexibility index (Phi) is 5.74. The highest BCUT2D eigenvalue weighted by Gasteiger charge is 2.15. The Morgan fingerprint density at radius 1 is 1.00 bits per heavy atom. The van der Waals surface area contributed by atoms with Crippen LogP contribution in [0.2, 0.25) is 0 Å². The highest BCUT2D eigenvalue weighted by atomic mass is 16.5. The number of fused-ring (bicyclic) bond motifs is 1. The van der Waals surface area contributed by atoms with E-state index in [-0.39, 0.29) is 5.91 Å². The molecule has 0 spiro atoms. The van der Waals surface area contributed by atoms with Gasteiger partial charge in [-0.25, -0.2) is 0 Å². The van der Waals surface area contributed by atoms with Crippen LogP contribution in [0.15, 0.2) is 66.7 Å². The van der Waals surface area contributed by atoms with Crippen molar-refractivity contribution in [2.45, 2.75) is 20.0 Å². The van der Waals surface area contributed by atoms with Gasteiger partial charge in [0.25, 0.3) is 5.91 Å². The fourth-order valence-electron chi connectivity index (χ4n) is 2.66. The predicted octanol–water partition coefficient (Wildman–Crippen LogP) is 4.11. The van der Waals surface area contributed by atoms with Crippen molar-refractivity contribution in [2.75, 3.05) is 13.2 Å². The quantitative estimate of drug-likeness (QED) is 0.653. The number of carbonyl (C=O) groups is 1. The summed E-state index contributed by atoms with van der Waals surface area (Å²) in [4.78, 5) is 12.2. The highest BCUT2D eigenvalue weighted by molar-refractivity contribution is 5.89. The minimum absolute atomic E-state index is 0.162. The third-order valence-corrected chi connectivity index (χ3v) is 4.11. The molecule has 1 unspecified atom stereocenters. The Morgan fingerprint density at radius 2 is 1.73 bits per heavy atom. The average molecular weight is 349 g/mol. The number of amides is 1. The summed E-state index contributed by atoms with van der Waals surface area (Å²) in [5.74, 6) is 1.34. The van der Waals surface area contributed by atoms with Gasteiger partial charge >= 0.3 is 0 Å². The lowest BCUT2D eigenvalue weighted by Crippen LogP contribution is -2.38. The Bertz CT molecular complexity index is 869. The summed E-state index contributed by atoms with van der Waals surface area (Å²) < 4.78 is 11.5. The summed E-state index contributed by atoms with van der Waals surface area (Å²) in [5, 5.41) is 4.93. The number of benzene rings is 3. The second-order valence-electron chi connectivity index (χ2n) is 6.19. The van der Waals surface area contributed by atoms with Gasteiger partial charge in [0, 0.05) is 5.39 Å². The van der Waals surface area contributed by atoms with Gasteiger partial charge in [0.15, 0.2) is 6.10 Å². The summed E-state index contributed by atoms with van der Waals surface area (Å²) in [5.41, 5.74) is 1.19. The van der Waals surface area contributed by atoms with Crippen LogP contribution in [0.3, 0.4) is 0 Å². The molecule has 1 N–H and O–H groups in total. The third-order valence-electron chi connectivity index (χ3n) is 4.11. The molecular formula is C22H23NO3. The van der Waals surface area contributed by atoms with Crippen LogP contribution < -0.4 is 14.8 Å². The number of hydrogen-bond acceptors (Lipinski definition) is 3. The Balaban J connectivity index is 1.49. The lowest BCUT2D eigenvalue weighted by Gasteiger charge is -2.16. The van der Waals surface area contributed by atoms with E-state index in [0.717, 1.165) is 16.5 Å². The zero-order chi connectivity index (χ0) is 18.4. The maximum absolute atomic E-state index is 12.2. The predicted molar refractivity (Wildman–Crippen MR) is 104 cm³/mol. The number of aryl methyl sites for hydroxylation is 1. The fraction of sp³-hybridized carbons (Fsp3) is 0.227. The molecule has 3 rings (SSSR count). The van der Waals surface area contributed by atoms with Crippen LogP contribution >= 0.6 is 0 Å². The van der Waals surface area contributed by atoms with Crippen LogP contribution in [0.1, 0.15) is 12.5 Å². The van der Waals surface area contributed by atoms with E-state index in [9.17, 15) is 4.79 Å². The van der Waals surface area contributed by atoms with Gasteiger partial charge in [-0.15, -0.1) is 0 Å². The van der Waals surface area contributed by atoms with Gasteiger partial charge in [0.2, 0.25) is 0 Å². The monoisotopic (exact) mass is 349 g/mol. The standard InChI is InChI=1S/C22H23NO3/c1-16-10-12-19(13-11-16)25-15-14-23-22(24)17(2)26-21-9-5-7-18-6-3-4-8-20(18)21/h3-13,17H,14-15H2,1-2H3,(H,23,24). The molecule has 0 heterocycles. The SMILES string of the molecule is Cc1ccc(OCCNC(=O)C(C)Oc2cccc3ccccc23)cc1. The summed E-state index contributed by atoms with van der Waals surface area (Å²) in [6.07, 6.45) is -0.583. The minimum atomic E-state index is -0.583. The van der Waals surface area contributed by atoms with Crippen LogP contribution in [0.25, 0.3) is 10.8 Å². The van der Waals surface area contributed by atoms with Crippen molar-refractivity contribution in [3.8, 4) is 11.5 Å². The van der Waals surface area contributed by atoms with Crippen LogP contribution in [0.5, 0.6) is 11.5 Å². The molecule has 0 saturated carbocycles. The number of ether oxygens (including phenoxy) is 2. The lowest BCUT2D eigenvalue weighted by molar-refractivity contribution is -0.127. The minimum Gasteiger partial charge on any atom is -0.492 e. The van der Waals surface area contributed by atoms with E-state index < -0.39 is 6.10 Å². The molecule has 0 fully saturated rings. The molecule has 4 heteroatoms. The van der Waals surface area contributed by atoms with E-state index in [1.165, 1.54) is 5.56 Å². The molecule has 0 saturated heterocycles. The van der Waals surface area contributed by atoms with Crippen molar-refractivity contribution in [3.63, 3.8) is 0 Å². The zero-order valence-corrected chi connectivity index (χ0v) is 15.1. The van der Waals surface area contributed by atoms with Crippen LogP contribution in [0, 0.1) is 6.92 Å². The van der Waals surface area contributed by atoms with Crippen LogP contribution in [-0.4, -0.2) is 25.2 Å². The first-order valence-electron chi connectivity index (χ1n) is 8.75. The van der Waals surface area contributed by atoms with Crippen molar-refractivity contribution in [3.05, 3.63) is 72.3 Å². The molecule has 4 nitrogen and oxygen atoms in total. The van der Waals surface area contributed by atoms with Crippen molar-refractivity contribution in [2.24, 2.45) is 0 Å². The number of rotatable bonds is 7. The van der Waals surface area contributed by atoms with E-state index in [4.69, 9.17) is 9.47 Å². The van der Waals surface area contributed by atoms with E-state index in [1.54, 1.807) is 6.92 Å². The van der Waals surface area contributed by atoms with Gasteiger partial charge in [-0.1, -0.05) is 54.1 Å². The van der Waals surface area contributed by atoms with Gasteiger partial charge in [0.05, 0.1) is 6.54 Å². The van der Waals surface area contributed by atoms with E-state index in [1.807, 2.05) is 73.7 Å². The molecule has 1 amide bonds. The Hall–Kier alpha value is -3.01. The largest absolute Gasteiger partial charge is 0.492 e. The molecule has 1 atom stereocenters. The zero-order valence-electron chi connectivity index (χ0n) is 15.1. The number of nitrogens with one attached hydrogen (secondary N) is 1. The second-order valence-corrected chi connectivity index (χ2v) is 6.19. The molecule has 0 radical (unpaired) electrons. The van der Waals surface area contributed by atoms with Crippen LogP contribution in [-0.2, 0) is 4.79 Å². The smallest absolute Gasteiger partial charge is 0.260 e. The molecule has 134 valence electrons. The van der Waals surface area contributed by atoms with E-state index in [0.29, 0.717) is 18.9 Å². The average Bonchev–Trinajstić information content (AvgIpc) is 2.66. The van der Waals surface area contributed by atoms with Crippen molar-refractivity contribution in [1.82, 2.24) is 5.32 Å². The maximum atomic E-state index is 12.2. The van der Waals surface area contributed by atoms with Gasteiger partial charge in [-0.05, 0) is 37.4 Å². The molecule has 0 bridgehead atoms. The molecule has 0 aromatic heterocycles. The normalized spacial score (nSPS) is 11.8. The molecule has 0 aliphatic carbocycles. The number of hydrogen-bond donors (Lipinski definition) is 1. The van der Waals surface area contributed by atoms with Gasteiger partial charge in [0.1, 0.15) is 18.1 Å². The van der Waals surface area contributed by atoms with Crippen molar-refractivity contribution >= 4 is 16.7 Å². The van der Waals surface area contributed by atoms with Gasteiger partial charge in [-0.2, -0.15) is 0 Å². The first kappa shape index (κ1) is 17.8. The summed E-state index contributed by atoms with van der Waals surface area (Å²) in [6.45, 7) is 4.62. The molecule has 3 aromatic carbocycles. The second kappa shape index (κ2) is 8.39. The Labute approximate surface area is 153 Å². The van der Waals surface area contributed by atoms with E-state index in [2.05, 4.69) is 5.32 Å². The first-order valence-corrected chi connectivity index (χ1v) is 8.75. The first-order chi connectivity index (χ1) is 12.6. The van der Waals surface area contributed by atoms with Gasteiger partial charge in [-0.3, -0.25) is 4.79 Å². The van der Waals surface area contributed by atoms with Crippen LogP contribution in [0.4, 0.5) is 0 Å². The topological polar surface area (TPSA) is 47.6 Å².